The molecular weight excluding hydrogens is 293 g/mol. The topological polar surface area (TPSA) is 56.9 Å². The van der Waals surface area contributed by atoms with Crippen LogP contribution in [0.4, 0.5) is 10.1 Å². The van der Waals surface area contributed by atoms with E-state index in [9.17, 15) is 9.18 Å². The minimum Gasteiger partial charge on any atom is -0.360 e. The number of H-pyrrole nitrogens is 1. The summed E-state index contributed by atoms with van der Waals surface area (Å²) in [5.41, 5.74) is 3.53. The van der Waals surface area contributed by atoms with Crippen LogP contribution in [0.1, 0.15) is 6.92 Å². The molecule has 0 unspecified atom stereocenters. The Morgan fingerprint density at radius 3 is 2.70 bits per heavy atom. The van der Waals surface area contributed by atoms with Gasteiger partial charge in [-0.15, -0.1) is 0 Å². The van der Waals surface area contributed by atoms with E-state index in [1.807, 2.05) is 37.4 Å². The van der Waals surface area contributed by atoms with E-state index in [4.69, 9.17) is 0 Å². The molecule has 3 N–H and O–H groups in total. The van der Waals surface area contributed by atoms with Crippen molar-refractivity contribution in [3.05, 3.63) is 54.5 Å². The minimum atomic E-state index is -0.260. The number of carbonyl (C=O) groups is 1. The molecule has 5 heteroatoms. The van der Waals surface area contributed by atoms with Gasteiger partial charge < -0.3 is 15.6 Å². The van der Waals surface area contributed by atoms with E-state index in [0.717, 1.165) is 34.3 Å². The number of aromatic amines is 1. The molecule has 118 valence electrons. The molecule has 0 radical (unpaired) electrons. The molecule has 0 fully saturated rings. The summed E-state index contributed by atoms with van der Waals surface area (Å²) >= 11 is 0. The monoisotopic (exact) mass is 311 g/mol. The van der Waals surface area contributed by atoms with Gasteiger partial charge in [-0.2, -0.15) is 0 Å². The molecule has 3 rings (SSSR count). The molecule has 1 heterocycles. The quantitative estimate of drug-likeness (QED) is 0.675. The number of hydrogen-bond donors (Lipinski definition) is 3. The van der Waals surface area contributed by atoms with Crippen molar-refractivity contribution in [1.82, 2.24) is 10.3 Å². The Hall–Kier alpha value is -2.66. The lowest BCUT2D eigenvalue weighted by molar-refractivity contribution is -0.115. The maximum Gasteiger partial charge on any atom is 0.238 e. The highest BCUT2D eigenvalue weighted by Crippen LogP contribution is 2.29. The molecule has 2 aromatic carbocycles. The zero-order valence-electron chi connectivity index (χ0n) is 12.8. The van der Waals surface area contributed by atoms with Crippen LogP contribution in [0.25, 0.3) is 22.0 Å². The predicted octanol–water partition coefficient (Wildman–Crippen LogP) is 3.52. The molecule has 0 spiro atoms. The Bertz CT molecular complexity index is 824. The number of anilines is 1. The first-order valence-electron chi connectivity index (χ1n) is 7.55. The van der Waals surface area contributed by atoms with E-state index in [1.165, 1.54) is 12.1 Å². The van der Waals surface area contributed by atoms with Crippen LogP contribution < -0.4 is 10.6 Å². The summed E-state index contributed by atoms with van der Waals surface area (Å²) in [6.07, 6.45) is 1.86. The number of carbonyl (C=O) groups excluding carboxylic acids is 1. The minimum absolute atomic E-state index is 0.0674. The first-order chi connectivity index (χ1) is 11.2. The van der Waals surface area contributed by atoms with Gasteiger partial charge in [0.05, 0.1) is 6.54 Å². The Kier molecular flexibility index (Phi) is 4.39. The lowest BCUT2D eigenvalue weighted by Crippen LogP contribution is -2.27. The largest absolute Gasteiger partial charge is 0.360 e. The Balaban J connectivity index is 1.80. The van der Waals surface area contributed by atoms with Crippen LogP contribution in [-0.2, 0) is 4.79 Å². The summed E-state index contributed by atoms with van der Waals surface area (Å²) in [7, 11) is 0. The van der Waals surface area contributed by atoms with Gasteiger partial charge in [0.15, 0.2) is 0 Å². The van der Waals surface area contributed by atoms with Crippen LogP contribution in [0, 0.1) is 5.82 Å². The Morgan fingerprint density at radius 2 is 1.96 bits per heavy atom. The highest BCUT2D eigenvalue weighted by Gasteiger charge is 2.07. The molecule has 1 aromatic heterocycles. The SMILES string of the molecule is CCNCC(=O)Nc1ccc(-c2c[nH]c3cc(F)ccc23)cc1. The van der Waals surface area contributed by atoms with Gasteiger partial charge in [-0.25, -0.2) is 4.39 Å². The van der Waals surface area contributed by atoms with Gasteiger partial charge in [-0.1, -0.05) is 19.1 Å². The number of nitrogens with one attached hydrogen (secondary N) is 3. The van der Waals surface area contributed by atoms with Crippen LogP contribution in [0.2, 0.25) is 0 Å². The van der Waals surface area contributed by atoms with Gasteiger partial charge in [0.1, 0.15) is 5.82 Å². The lowest BCUT2D eigenvalue weighted by Gasteiger charge is -2.07. The Morgan fingerprint density at radius 1 is 1.17 bits per heavy atom. The molecule has 0 atom stereocenters. The molecule has 1 amide bonds. The number of hydrogen-bond acceptors (Lipinski definition) is 2. The number of benzene rings is 2. The molecule has 0 aliphatic carbocycles. The van der Waals surface area contributed by atoms with E-state index < -0.39 is 0 Å². The summed E-state index contributed by atoms with van der Waals surface area (Å²) in [6, 6.07) is 12.3. The number of fused-ring (bicyclic) bond motifs is 1. The number of rotatable bonds is 5. The van der Waals surface area contributed by atoms with E-state index >= 15 is 0 Å². The summed E-state index contributed by atoms with van der Waals surface area (Å²) in [6.45, 7) is 3.01. The fourth-order valence-corrected chi connectivity index (χ4v) is 2.51. The van der Waals surface area contributed by atoms with Crippen molar-refractivity contribution in [2.24, 2.45) is 0 Å². The second-order valence-corrected chi connectivity index (χ2v) is 5.30. The standard InChI is InChI=1S/C18H18FN3O/c1-2-20-11-18(23)22-14-6-3-12(4-7-14)16-10-21-17-9-13(19)5-8-15(16)17/h3-10,20-21H,2,11H2,1H3,(H,22,23). The van der Waals surface area contributed by atoms with E-state index in [0.29, 0.717) is 6.54 Å². The first-order valence-corrected chi connectivity index (χ1v) is 7.55. The third kappa shape index (κ3) is 3.40. The van der Waals surface area contributed by atoms with Crippen molar-refractivity contribution in [2.45, 2.75) is 6.92 Å². The van der Waals surface area contributed by atoms with Gasteiger partial charge in [-0.3, -0.25) is 4.79 Å². The highest BCUT2D eigenvalue weighted by atomic mass is 19.1. The van der Waals surface area contributed by atoms with Crippen molar-refractivity contribution >= 4 is 22.5 Å². The smallest absolute Gasteiger partial charge is 0.238 e. The van der Waals surface area contributed by atoms with Gasteiger partial charge in [0, 0.05) is 28.4 Å². The molecule has 0 bridgehead atoms. The van der Waals surface area contributed by atoms with Crippen LogP contribution >= 0.6 is 0 Å². The van der Waals surface area contributed by atoms with Crippen molar-refractivity contribution in [1.29, 1.82) is 0 Å². The zero-order chi connectivity index (χ0) is 16.2. The van der Waals surface area contributed by atoms with E-state index in [2.05, 4.69) is 15.6 Å². The molecule has 0 aliphatic rings. The molecule has 0 aliphatic heterocycles. The van der Waals surface area contributed by atoms with Crippen LogP contribution in [0.3, 0.4) is 0 Å². The first kappa shape index (κ1) is 15.2. The highest BCUT2D eigenvalue weighted by molar-refractivity contribution is 5.96. The van der Waals surface area contributed by atoms with Gasteiger partial charge in [0.25, 0.3) is 0 Å². The van der Waals surface area contributed by atoms with Crippen molar-refractivity contribution < 1.29 is 9.18 Å². The van der Waals surface area contributed by atoms with Crippen LogP contribution in [-0.4, -0.2) is 24.0 Å². The summed E-state index contributed by atoms with van der Waals surface area (Å²) in [5.74, 6) is -0.327. The summed E-state index contributed by atoms with van der Waals surface area (Å²) in [4.78, 5) is 14.8. The summed E-state index contributed by atoms with van der Waals surface area (Å²) < 4.78 is 13.2. The number of halogens is 1. The summed E-state index contributed by atoms with van der Waals surface area (Å²) in [5, 5.41) is 6.78. The molecule has 23 heavy (non-hydrogen) atoms. The number of aromatic nitrogens is 1. The zero-order valence-corrected chi connectivity index (χ0v) is 12.8. The predicted molar refractivity (Wildman–Crippen MR) is 90.9 cm³/mol. The fraction of sp³-hybridized carbons (Fsp3) is 0.167. The average Bonchev–Trinajstić information content (AvgIpc) is 2.96. The van der Waals surface area contributed by atoms with Crippen LogP contribution in [0.5, 0.6) is 0 Å². The van der Waals surface area contributed by atoms with Crippen molar-refractivity contribution in [3.63, 3.8) is 0 Å². The molecule has 3 aromatic rings. The second kappa shape index (κ2) is 6.62. The van der Waals surface area contributed by atoms with Crippen molar-refractivity contribution in [3.8, 4) is 11.1 Å². The van der Waals surface area contributed by atoms with Gasteiger partial charge in [0.2, 0.25) is 5.91 Å². The van der Waals surface area contributed by atoms with Gasteiger partial charge >= 0.3 is 0 Å². The van der Waals surface area contributed by atoms with Crippen molar-refractivity contribution in [2.75, 3.05) is 18.4 Å². The maximum atomic E-state index is 13.2. The third-order valence-electron chi connectivity index (χ3n) is 3.66. The third-order valence-corrected chi connectivity index (χ3v) is 3.66. The molecule has 0 saturated carbocycles. The maximum absolute atomic E-state index is 13.2. The number of amides is 1. The van der Waals surface area contributed by atoms with E-state index in [-0.39, 0.29) is 11.7 Å². The molecule has 4 nitrogen and oxygen atoms in total. The second-order valence-electron chi connectivity index (χ2n) is 5.30. The molecular formula is C18H18FN3O. The van der Waals surface area contributed by atoms with E-state index in [1.54, 1.807) is 6.07 Å². The molecule has 0 saturated heterocycles. The average molecular weight is 311 g/mol. The normalized spacial score (nSPS) is 10.9. The Labute approximate surface area is 133 Å². The fourth-order valence-electron chi connectivity index (χ4n) is 2.51. The lowest BCUT2D eigenvalue weighted by atomic mass is 10.0. The van der Waals surface area contributed by atoms with Crippen LogP contribution in [0.15, 0.2) is 48.7 Å². The van der Waals surface area contributed by atoms with Gasteiger partial charge in [-0.05, 0) is 42.4 Å². The number of likely N-dealkylation sites (N-methyl/N-ethyl adjacent to an activating group) is 1.